The van der Waals surface area contributed by atoms with E-state index in [9.17, 15) is 13.2 Å². The minimum Gasteiger partial charge on any atom is -0.324 e. The van der Waals surface area contributed by atoms with Crippen molar-refractivity contribution in [3.8, 4) is 5.69 Å². The molecule has 4 aromatic rings. The smallest absolute Gasteiger partial charge is 0.282 e. The summed E-state index contributed by atoms with van der Waals surface area (Å²) < 4.78 is 27.2. The summed E-state index contributed by atoms with van der Waals surface area (Å²) in [7, 11) is -3.30. The second-order valence-corrected chi connectivity index (χ2v) is 12.4. The van der Waals surface area contributed by atoms with Crippen LogP contribution in [0.15, 0.2) is 47.4 Å². The third-order valence-electron chi connectivity index (χ3n) is 7.03. The minimum absolute atomic E-state index is 0.0815. The molecular weight excluding hydrogens is 535 g/mol. The molecule has 37 heavy (non-hydrogen) atoms. The monoisotopic (exact) mass is 556 g/mol. The van der Waals surface area contributed by atoms with E-state index in [1.165, 1.54) is 22.7 Å². The highest BCUT2D eigenvalue weighted by Gasteiger charge is 2.50. The topological polar surface area (TPSA) is 110 Å². The Morgan fingerprint density at radius 3 is 2.51 bits per heavy atom. The Balaban J connectivity index is 1.36. The van der Waals surface area contributed by atoms with Gasteiger partial charge in [-0.2, -0.15) is 14.1 Å². The molecule has 3 heterocycles. The number of nitrogens with one attached hydrogen (secondary N) is 1. The van der Waals surface area contributed by atoms with Gasteiger partial charge in [-0.05, 0) is 55.2 Å². The number of hydrogen-bond acceptors (Lipinski definition) is 7. The number of para-hydroxylation sites is 1. The standard InChI is InChI=1S/C25H22Cl2N6O3S/c1-14-21-17(23(34)33(31-14)22-19(26)4-3-5-20(22)27)11-28-24(30-21)29-16-6-7-18-15(10-16)12-32(37(2,35)36)13-25(18)8-9-25/h3-7,10-11H,8-9,12-13H2,1-2H3,(H,28,29,30). The number of sulfonamides is 1. The number of aryl methyl sites for hydroxylation is 1. The molecule has 0 saturated heterocycles. The molecular formula is C25H22Cl2N6O3S. The summed E-state index contributed by atoms with van der Waals surface area (Å²) in [6.45, 7) is 2.60. The van der Waals surface area contributed by atoms with Crippen LogP contribution >= 0.6 is 23.2 Å². The van der Waals surface area contributed by atoms with Crippen LogP contribution in [0.1, 0.15) is 29.7 Å². The Morgan fingerprint density at radius 2 is 1.84 bits per heavy atom. The third kappa shape index (κ3) is 4.17. The SMILES string of the molecule is Cc1nn(-c2c(Cl)cccc2Cl)c(=O)c2cnc(Nc3ccc4c(c3)CN(S(C)(=O)=O)CC43CC3)nc12. The molecule has 1 saturated carbocycles. The maximum atomic E-state index is 13.2. The van der Waals surface area contributed by atoms with Crippen molar-refractivity contribution < 1.29 is 8.42 Å². The maximum Gasteiger partial charge on any atom is 0.282 e. The summed E-state index contributed by atoms with van der Waals surface area (Å²) in [5.74, 6) is 0.294. The van der Waals surface area contributed by atoms with Crippen molar-refractivity contribution in [2.45, 2.75) is 31.7 Å². The van der Waals surface area contributed by atoms with E-state index in [-0.39, 0.29) is 10.8 Å². The zero-order valence-electron chi connectivity index (χ0n) is 20.0. The summed E-state index contributed by atoms with van der Waals surface area (Å²) in [6.07, 6.45) is 4.67. The molecule has 190 valence electrons. The van der Waals surface area contributed by atoms with Gasteiger partial charge in [0.15, 0.2) is 0 Å². The Bertz CT molecular complexity index is 1750. The molecule has 0 unspecified atom stereocenters. The summed E-state index contributed by atoms with van der Waals surface area (Å²) in [4.78, 5) is 22.1. The van der Waals surface area contributed by atoms with Crippen LogP contribution in [-0.4, -0.2) is 45.3 Å². The van der Waals surface area contributed by atoms with E-state index >= 15 is 0 Å². The number of aromatic nitrogens is 4. The molecule has 2 aromatic heterocycles. The van der Waals surface area contributed by atoms with Gasteiger partial charge in [-0.15, -0.1) is 0 Å². The fourth-order valence-electron chi connectivity index (χ4n) is 5.00. The van der Waals surface area contributed by atoms with E-state index in [0.29, 0.717) is 46.0 Å². The van der Waals surface area contributed by atoms with Crippen LogP contribution in [0, 0.1) is 6.92 Å². The van der Waals surface area contributed by atoms with Crippen LogP contribution in [-0.2, 0) is 22.0 Å². The van der Waals surface area contributed by atoms with Gasteiger partial charge >= 0.3 is 0 Å². The minimum atomic E-state index is -3.30. The average molecular weight is 557 g/mol. The zero-order valence-corrected chi connectivity index (χ0v) is 22.3. The predicted molar refractivity (Wildman–Crippen MR) is 144 cm³/mol. The highest BCUT2D eigenvalue weighted by atomic mass is 35.5. The predicted octanol–water partition coefficient (Wildman–Crippen LogP) is 4.34. The summed E-state index contributed by atoms with van der Waals surface area (Å²) >= 11 is 12.6. The number of benzene rings is 2. The molecule has 0 amide bonds. The summed E-state index contributed by atoms with van der Waals surface area (Å²) in [5.41, 5.74) is 3.59. The largest absolute Gasteiger partial charge is 0.324 e. The van der Waals surface area contributed by atoms with E-state index in [4.69, 9.17) is 23.2 Å². The lowest BCUT2D eigenvalue weighted by atomic mass is 9.88. The first-order valence-corrected chi connectivity index (χ1v) is 14.2. The molecule has 1 aliphatic carbocycles. The molecule has 1 spiro atoms. The van der Waals surface area contributed by atoms with Crippen LogP contribution in [0.25, 0.3) is 16.6 Å². The fraction of sp³-hybridized carbons (Fsp3) is 0.280. The van der Waals surface area contributed by atoms with Crippen molar-refractivity contribution in [2.24, 2.45) is 0 Å². The Labute approximate surface area is 223 Å². The van der Waals surface area contributed by atoms with Gasteiger partial charge in [-0.25, -0.2) is 18.4 Å². The van der Waals surface area contributed by atoms with Crippen LogP contribution in [0.4, 0.5) is 11.6 Å². The number of hydrogen-bond donors (Lipinski definition) is 1. The number of anilines is 2. The molecule has 12 heteroatoms. The summed E-state index contributed by atoms with van der Waals surface area (Å²) in [6, 6.07) is 10.9. The number of fused-ring (bicyclic) bond motifs is 3. The van der Waals surface area contributed by atoms with Crippen molar-refractivity contribution in [3.63, 3.8) is 0 Å². The quantitative estimate of drug-likeness (QED) is 0.398. The average Bonchev–Trinajstić information content (AvgIpc) is 3.61. The lowest BCUT2D eigenvalue weighted by Crippen LogP contribution is -2.41. The molecule has 0 atom stereocenters. The third-order valence-corrected chi connectivity index (χ3v) is 8.84. The van der Waals surface area contributed by atoms with Crippen molar-refractivity contribution in [3.05, 3.63) is 79.8 Å². The van der Waals surface area contributed by atoms with E-state index < -0.39 is 15.6 Å². The molecule has 9 nitrogen and oxygen atoms in total. The highest BCUT2D eigenvalue weighted by Crippen LogP contribution is 2.53. The van der Waals surface area contributed by atoms with Gasteiger partial charge < -0.3 is 5.32 Å². The molecule has 1 fully saturated rings. The van der Waals surface area contributed by atoms with Gasteiger partial charge in [0, 0.05) is 30.4 Å². The first-order chi connectivity index (χ1) is 17.6. The molecule has 1 N–H and O–H groups in total. The van der Waals surface area contributed by atoms with E-state index in [1.807, 2.05) is 12.1 Å². The van der Waals surface area contributed by atoms with Crippen molar-refractivity contribution in [2.75, 3.05) is 18.1 Å². The number of rotatable bonds is 4. The lowest BCUT2D eigenvalue weighted by Gasteiger charge is -2.33. The zero-order chi connectivity index (χ0) is 26.1. The van der Waals surface area contributed by atoms with Crippen LogP contribution in [0.2, 0.25) is 10.0 Å². The van der Waals surface area contributed by atoms with Crippen LogP contribution < -0.4 is 10.9 Å². The van der Waals surface area contributed by atoms with Gasteiger partial charge in [-0.3, -0.25) is 4.79 Å². The van der Waals surface area contributed by atoms with Gasteiger partial charge in [0.05, 0.1) is 27.4 Å². The van der Waals surface area contributed by atoms with E-state index in [2.05, 4.69) is 26.4 Å². The van der Waals surface area contributed by atoms with Gasteiger partial charge in [0.2, 0.25) is 16.0 Å². The molecule has 0 radical (unpaired) electrons. The second-order valence-electron chi connectivity index (χ2n) is 9.64. The summed E-state index contributed by atoms with van der Waals surface area (Å²) in [5, 5.41) is 8.48. The van der Waals surface area contributed by atoms with E-state index in [1.54, 1.807) is 29.4 Å². The first kappa shape index (κ1) is 24.3. The Morgan fingerprint density at radius 1 is 1.11 bits per heavy atom. The Hall–Kier alpha value is -3.05. The fourth-order valence-corrected chi connectivity index (χ4v) is 6.42. The molecule has 2 aromatic carbocycles. The van der Waals surface area contributed by atoms with Crippen LogP contribution in [0.5, 0.6) is 0 Å². The molecule has 1 aliphatic heterocycles. The molecule has 6 rings (SSSR count). The Kier molecular flexibility index (Phi) is 5.57. The molecule has 2 aliphatic rings. The highest BCUT2D eigenvalue weighted by molar-refractivity contribution is 7.88. The van der Waals surface area contributed by atoms with Crippen molar-refractivity contribution in [1.82, 2.24) is 24.1 Å². The number of nitrogens with zero attached hydrogens (tertiary/aromatic N) is 5. The maximum absolute atomic E-state index is 13.2. The number of halogens is 2. The molecule has 0 bridgehead atoms. The van der Waals surface area contributed by atoms with Crippen molar-refractivity contribution in [1.29, 1.82) is 0 Å². The van der Waals surface area contributed by atoms with Gasteiger partial charge in [0.1, 0.15) is 11.2 Å². The van der Waals surface area contributed by atoms with Gasteiger partial charge in [0.25, 0.3) is 5.56 Å². The first-order valence-electron chi connectivity index (χ1n) is 11.6. The van der Waals surface area contributed by atoms with Crippen LogP contribution in [0.3, 0.4) is 0 Å². The second kappa shape index (κ2) is 8.49. The van der Waals surface area contributed by atoms with Crippen molar-refractivity contribution >= 4 is 55.8 Å². The lowest BCUT2D eigenvalue weighted by molar-refractivity contribution is 0.347. The normalized spacial score (nSPS) is 16.6. The van der Waals surface area contributed by atoms with Gasteiger partial charge in [-0.1, -0.05) is 35.3 Å². The van der Waals surface area contributed by atoms with E-state index in [0.717, 1.165) is 24.1 Å².